The van der Waals surface area contributed by atoms with E-state index in [1.165, 1.54) is 7.11 Å². The zero-order valence-corrected chi connectivity index (χ0v) is 17.0. The van der Waals surface area contributed by atoms with Crippen molar-refractivity contribution in [2.75, 3.05) is 7.11 Å². The summed E-state index contributed by atoms with van der Waals surface area (Å²) in [6.07, 6.45) is 1.59. The van der Waals surface area contributed by atoms with Gasteiger partial charge < -0.3 is 4.74 Å². The molecule has 0 unspecified atom stereocenters. The second kappa shape index (κ2) is 8.03. The Morgan fingerprint density at radius 1 is 0.871 bits per heavy atom. The van der Waals surface area contributed by atoms with Crippen molar-refractivity contribution in [1.29, 1.82) is 0 Å². The van der Waals surface area contributed by atoms with Crippen molar-refractivity contribution in [2.24, 2.45) is 0 Å². The van der Waals surface area contributed by atoms with Gasteiger partial charge in [0, 0.05) is 5.92 Å². The Balaban J connectivity index is 2.07. The molecule has 0 saturated heterocycles. The van der Waals surface area contributed by atoms with Gasteiger partial charge in [0.25, 0.3) is 11.8 Å². The van der Waals surface area contributed by atoms with E-state index in [1.54, 1.807) is 60.7 Å². The van der Waals surface area contributed by atoms with Gasteiger partial charge in [0.15, 0.2) is 5.54 Å². The predicted octanol–water partition coefficient (Wildman–Crippen LogP) is 4.32. The fourth-order valence-corrected chi connectivity index (χ4v) is 4.35. The fraction of sp³-hybridized carbons (Fsp3) is 0.115. The van der Waals surface area contributed by atoms with Crippen molar-refractivity contribution in [1.82, 2.24) is 4.90 Å². The average Bonchev–Trinajstić information content (AvgIpc) is 3.08. The van der Waals surface area contributed by atoms with Crippen LogP contribution in [0.5, 0.6) is 0 Å². The molecule has 3 aromatic carbocycles. The summed E-state index contributed by atoms with van der Waals surface area (Å²) in [6, 6.07) is 24.5. The molecule has 5 heteroatoms. The molecule has 0 fully saturated rings. The molecule has 0 N–H and O–H groups in total. The van der Waals surface area contributed by atoms with Gasteiger partial charge in [0.1, 0.15) is 0 Å². The molecule has 1 heterocycles. The summed E-state index contributed by atoms with van der Waals surface area (Å²) in [5.41, 5.74) is -0.0691. The molecule has 1 aliphatic heterocycles. The zero-order valence-electron chi connectivity index (χ0n) is 17.0. The first-order chi connectivity index (χ1) is 15.1. The highest BCUT2D eigenvalue weighted by Crippen LogP contribution is 2.47. The van der Waals surface area contributed by atoms with Gasteiger partial charge in [-0.3, -0.25) is 14.5 Å². The minimum Gasteiger partial charge on any atom is -0.467 e. The maximum Gasteiger partial charge on any atom is 0.337 e. The van der Waals surface area contributed by atoms with Crippen molar-refractivity contribution in [2.45, 2.75) is 11.5 Å². The Bertz CT molecular complexity index is 1120. The summed E-state index contributed by atoms with van der Waals surface area (Å²) < 4.78 is 5.25. The van der Waals surface area contributed by atoms with Crippen LogP contribution in [0.1, 0.15) is 37.8 Å². The van der Waals surface area contributed by atoms with Crippen molar-refractivity contribution in [3.05, 3.63) is 120 Å². The molecule has 0 saturated carbocycles. The van der Waals surface area contributed by atoms with Crippen LogP contribution in [0.2, 0.25) is 0 Å². The van der Waals surface area contributed by atoms with E-state index in [0.717, 1.165) is 10.5 Å². The maximum atomic E-state index is 13.6. The second-order valence-electron chi connectivity index (χ2n) is 7.24. The second-order valence-corrected chi connectivity index (χ2v) is 7.24. The smallest absolute Gasteiger partial charge is 0.337 e. The van der Waals surface area contributed by atoms with E-state index in [9.17, 15) is 14.4 Å². The van der Waals surface area contributed by atoms with Crippen LogP contribution in [0.25, 0.3) is 0 Å². The van der Waals surface area contributed by atoms with Crippen LogP contribution in [-0.2, 0) is 15.1 Å². The lowest BCUT2D eigenvalue weighted by atomic mass is 9.73. The van der Waals surface area contributed by atoms with Crippen LogP contribution >= 0.6 is 0 Å². The van der Waals surface area contributed by atoms with Gasteiger partial charge >= 0.3 is 5.97 Å². The van der Waals surface area contributed by atoms with Crippen LogP contribution < -0.4 is 0 Å². The van der Waals surface area contributed by atoms with E-state index in [2.05, 4.69) is 6.58 Å². The Kier molecular flexibility index (Phi) is 5.26. The third kappa shape index (κ3) is 2.97. The number of fused-ring (bicyclic) bond motifs is 1. The van der Waals surface area contributed by atoms with Crippen LogP contribution in [0.4, 0.5) is 0 Å². The summed E-state index contributed by atoms with van der Waals surface area (Å²) >= 11 is 0. The van der Waals surface area contributed by atoms with Crippen molar-refractivity contribution >= 4 is 17.8 Å². The number of carbonyl (C=O) groups excluding carboxylic acids is 3. The molecule has 5 nitrogen and oxygen atoms in total. The predicted molar refractivity (Wildman–Crippen MR) is 116 cm³/mol. The number of carbonyl (C=O) groups is 3. The summed E-state index contributed by atoms with van der Waals surface area (Å²) in [4.78, 5) is 41.8. The van der Waals surface area contributed by atoms with Gasteiger partial charge in [-0.25, -0.2) is 4.79 Å². The molecule has 0 bridgehead atoms. The molecular formula is C26H21NO4. The number of amides is 2. The lowest BCUT2D eigenvalue weighted by molar-refractivity contribution is -0.154. The molecule has 0 spiro atoms. The lowest BCUT2D eigenvalue weighted by Crippen LogP contribution is -2.58. The minimum absolute atomic E-state index is 0.257. The highest BCUT2D eigenvalue weighted by molar-refractivity contribution is 6.23. The molecular weight excluding hydrogens is 390 g/mol. The quantitative estimate of drug-likeness (QED) is 0.344. The van der Waals surface area contributed by atoms with Gasteiger partial charge in [0.05, 0.1) is 18.2 Å². The number of imide groups is 1. The number of nitrogens with zero attached hydrogens (tertiary/aromatic N) is 1. The molecule has 2 amide bonds. The standard InChI is InChI=1S/C26H21NO4/c1-3-22(18-12-6-4-7-13-18)26(25(30)31-2,19-14-8-5-9-15-19)27-23(28)20-16-10-11-17-21(20)24(27)29/h3-17,22H,1H2,2H3/t22-,26-/m1/s1. The number of esters is 1. The lowest BCUT2D eigenvalue weighted by Gasteiger charge is -2.43. The van der Waals surface area contributed by atoms with Crippen LogP contribution in [0.15, 0.2) is 97.6 Å². The van der Waals surface area contributed by atoms with E-state index in [0.29, 0.717) is 5.56 Å². The molecule has 2 atom stereocenters. The van der Waals surface area contributed by atoms with Crippen LogP contribution in [-0.4, -0.2) is 29.8 Å². The number of methoxy groups -OCH3 is 1. The van der Waals surface area contributed by atoms with E-state index >= 15 is 0 Å². The molecule has 1 aliphatic rings. The van der Waals surface area contributed by atoms with Crippen molar-refractivity contribution in [3.8, 4) is 0 Å². The first-order valence-electron chi connectivity index (χ1n) is 9.86. The van der Waals surface area contributed by atoms with E-state index in [-0.39, 0.29) is 11.1 Å². The van der Waals surface area contributed by atoms with Crippen LogP contribution in [0, 0.1) is 0 Å². The molecule has 4 rings (SSSR count). The molecule has 31 heavy (non-hydrogen) atoms. The first-order valence-corrected chi connectivity index (χ1v) is 9.86. The molecule has 154 valence electrons. The first kappa shape index (κ1) is 20.3. The van der Waals surface area contributed by atoms with Crippen LogP contribution in [0.3, 0.4) is 0 Å². The minimum atomic E-state index is -1.77. The molecule has 0 aromatic heterocycles. The van der Waals surface area contributed by atoms with E-state index in [1.807, 2.05) is 30.3 Å². The van der Waals surface area contributed by atoms with Crippen molar-refractivity contribution in [3.63, 3.8) is 0 Å². The normalized spacial score (nSPS) is 15.7. The largest absolute Gasteiger partial charge is 0.467 e. The molecule has 0 aliphatic carbocycles. The fourth-order valence-electron chi connectivity index (χ4n) is 4.35. The Labute approximate surface area is 180 Å². The number of hydrogen-bond acceptors (Lipinski definition) is 4. The highest BCUT2D eigenvalue weighted by Gasteiger charge is 2.59. The Hall–Kier alpha value is -3.99. The van der Waals surface area contributed by atoms with Crippen molar-refractivity contribution < 1.29 is 19.1 Å². The van der Waals surface area contributed by atoms with Gasteiger partial charge in [-0.15, -0.1) is 6.58 Å². The van der Waals surface area contributed by atoms with Gasteiger partial charge in [0.2, 0.25) is 0 Å². The monoisotopic (exact) mass is 411 g/mol. The van der Waals surface area contributed by atoms with Gasteiger partial charge in [-0.05, 0) is 23.3 Å². The van der Waals surface area contributed by atoms with E-state index < -0.39 is 29.2 Å². The SMILES string of the molecule is C=C[C@H](c1ccccc1)[C@@](C(=O)OC)(c1ccccc1)N1C(=O)c2ccccc2C1=O. The number of hydrogen-bond donors (Lipinski definition) is 0. The third-order valence-corrected chi connectivity index (χ3v) is 5.70. The average molecular weight is 411 g/mol. The number of ether oxygens (including phenoxy) is 1. The van der Waals surface area contributed by atoms with Gasteiger partial charge in [-0.2, -0.15) is 0 Å². The topological polar surface area (TPSA) is 63.7 Å². The Morgan fingerprint density at radius 3 is 1.84 bits per heavy atom. The van der Waals surface area contributed by atoms with Gasteiger partial charge in [-0.1, -0.05) is 78.9 Å². The molecule has 0 radical (unpaired) electrons. The molecule has 3 aromatic rings. The Morgan fingerprint density at radius 2 is 1.35 bits per heavy atom. The highest BCUT2D eigenvalue weighted by atomic mass is 16.5. The number of benzene rings is 3. The van der Waals surface area contributed by atoms with E-state index in [4.69, 9.17) is 4.74 Å². The maximum absolute atomic E-state index is 13.6. The summed E-state index contributed by atoms with van der Waals surface area (Å²) in [7, 11) is 1.25. The summed E-state index contributed by atoms with van der Waals surface area (Å²) in [5, 5.41) is 0. The summed E-state index contributed by atoms with van der Waals surface area (Å²) in [6.45, 7) is 3.96. The summed E-state index contributed by atoms with van der Waals surface area (Å²) in [5.74, 6) is -2.55. The zero-order chi connectivity index (χ0) is 22.0. The number of rotatable bonds is 6. The third-order valence-electron chi connectivity index (χ3n) is 5.70.